The van der Waals surface area contributed by atoms with Crippen molar-refractivity contribution in [2.75, 3.05) is 12.3 Å². The van der Waals surface area contributed by atoms with Crippen molar-refractivity contribution in [1.82, 2.24) is 4.90 Å². The second-order valence-corrected chi connectivity index (χ2v) is 5.36. The number of anilines is 1. The molecule has 17 heavy (non-hydrogen) atoms. The zero-order valence-corrected chi connectivity index (χ0v) is 10.6. The van der Waals surface area contributed by atoms with Gasteiger partial charge in [0.25, 0.3) is 0 Å². The summed E-state index contributed by atoms with van der Waals surface area (Å²) in [6.45, 7) is 6.28. The molecule has 1 aliphatic rings. The molecule has 0 spiro atoms. The Bertz CT molecular complexity index is 366. The third-order valence-electron chi connectivity index (χ3n) is 3.29. The summed E-state index contributed by atoms with van der Waals surface area (Å²) < 4.78 is 13.3. The molecule has 0 aliphatic heterocycles. The minimum atomic E-state index is -0.241. The largest absolute Gasteiger partial charge is 0.399 e. The fourth-order valence-electron chi connectivity index (χ4n) is 2.09. The van der Waals surface area contributed by atoms with Gasteiger partial charge in [-0.25, -0.2) is 4.39 Å². The zero-order chi connectivity index (χ0) is 12.4. The van der Waals surface area contributed by atoms with Crippen LogP contribution >= 0.6 is 0 Å². The summed E-state index contributed by atoms with van der Waals surface area (Å²) in [6.07, 6.45) is 2.68. The highest BCUT2D eigenvalue weighted by Gasteiger charge is 2.25. The van der Waals surface area contributed by atoms with Gasteiger partial charge in [0.1, 0.15) is 5.82 Å². The summed E-state index contributed by atoms with van der Waals surface area (Å²) >= 11 is 0. The van der Waals surface area contributed by atoms with Gasteiger partial charge in [-0.2, -0.15) is 0 Å². The molecular weight excluding hydrogens is 215 g/mol. The summed E-state index contributed by atoms with van der Waals surface area (Å²) in [5.41, 5.74) is 7.15. The maximum atomic E-state index is 13.3. The SMILES string of the molecule is CC(C)N(Cc1cc(N)cc(F)c1)CC1CC1. The van der Waals surface area contributed by atoms with Crippen molar-refractivity contribution in [1.29, 1.82) is 0 Å². The van der Waals surface area contributed by atoms with Crippen LogP contribution < -0.4 is 5.73 Å². The molecule has 0 bridgehead atoms. The van der Waals surface area contributed by atoms with Gasteiger partial charge in [0.2, 0.25) is 0 Å². The Morgan fingerprint density at radius 3 is 2.59 bits per heavy atom. The van der Waals surface area contributed by atoms with E-state index in [1.165, 1.54) is 18.9 Å². The Kier molecular flexibility index (Phi) is 3.67. The number of hydrogen-bond acceptors (Lipinski definition) is 2. The van der Waals surface area contributed by atoms with Crippen LogP contribution in [0.1, 0.15) is 32.3 Å². The summed E-state index contributed by atoms with van der Waals surface area (Å²) in [7, 11) is 0. The number of halogens is 1. The highest BCUT2D eigenvalue weighted by molar-refractivity contribution is 5.41. The number of nitrogens with two attached hydrogens (primary N) is 1. The fourth-order valence-corrected chi connectivity index (χ4v) is 2.09. The van der Waals surface area contributed by atoms with Crippen molar-refractivity contribution >= 4 is 5.69 Å². The molecule has 1 aliphatic carbocycles. The molecule has 0 amide bonds. The Balaban J connectivity index is 2.04. The molecule has 0 heterocycles. The number of nitrogen functional groups attached to an aromatic ring is 1. The number of rotatable bonds is 5. The smallest absolute Gasteiger partial charge is 0.125 e. The standard InChI is InChI=1S/C14H21FN2/c1-10(2)17(8-11-3-4-11)9-12-5-13(15)7-14(16)6-12/h5-7,10-11H,3-4,8-9,16H2,1-2H3. The van der Waals surface area contributed by atoms with Gasteiger partial charge in [-0.05, 0) is 56.4 Å². The van der Waals surface area contributed by atoms with Crippen LogP contribution in [0, 0.1) is 11.7 Å². The molecule has 2 rings (SSSR count). The molecule has 1 saturated carbocycles. The van der Waals surface area contributed by atoms with Crippen molar-refractivity contribution < 1.29 is 4.39 Å². The monoisotopic (exact) mass is 236 g/mol. The molecule has 2 nitrogen and oxygen atoms in total. The van der Waals surface area contributed by atoms with Gasteiger partial charge in [-0.3, -0.25) is 4.90 Å². The lowest BCUT2D eigenvalue weighted by Crippen LogP contribution is -2.32. The number of hydrogen-bond donors (Lipinski definition) is 1. The van der Waals surface area contributed by atoms with Crippen LogP contribution in [-0.4, -0.2) is 17.5 Å². The van der Waals surface area contributed by atoms with Crippen LogP contribution in [0.3, 0.4) is 0 Å². The molecular formula is C14H21FN2. The average Bonchev–Trinajstić information content (AvgIpc) is 2.98. The summed E-state index contributed by atoms with van der Waals surface area (Å²) in [5, 5.41) is 0. The first kappa shape index (κ1) is 12.4. The molecule has 1 aromatic rings. The van der Waals surface area contributed by atoms with Crippen LogP contribution in [0.2, 0.25) is 0 Å². The average molecular weight is 236 g/mol. The second-order valence-electron chi connectivity index (χ2n) is 5.36. The Hall–Kier alpha value is -1.09. The van der Waals surface area contributed by atoms with Gasteiger partial charge >= 0.3 is 0 Å². The molecule has 0 aromatic heterocycles. The van der Waals surface area contributed by atoms with Crippen LogP contribution in [0.25, 0.3) is 0 Å². The molecule has 0 saturated heterocycles. The highest BCUT2D eigenvalue weighted by Crippen LogP contribution is 2.31. The van der Waals surface area contributed by atoms with Crippen LogP contribution in [-0.2, 0) is 6.54 Å². The van der Waals surface area contributed by atoms with Gasteiger partial charge in [0, 0.05) is 24.8 Å². The third-order valence-corrected chi connectivity index (χ3v) is 3.29. The summed E-state index contributed by atoms with van der Waals surface area (Å²) in [6, 6.07) is 5.30. The normalized spacial score (nSPS) is 15.8. The molecule has 2 N–H and O–H groups in total. The van der Waals surface area contributed by atoms with Crippen molar-refractivity contribution in [3.05, 3.63) is 29.6 Å². The Morgan fingerprint density at radius 1 is 1.35 bits per heavy atom. The van der Waals surface area contributed by atoms with Gasteiger partial charge in [-0.15, -0.1) is 0 Å². The minimum absolute atomic E-state index is 0.241. The lowest BCUT2D eigenvalue weighted by molar-refractivity contribution is 0.203. The van der Waals surface area contributed by atoms with E-state index in [1.807, 2.05) is 6.07 Å². The Labute approximate surface area is 103 Å². The van der Waals surface area contributed by atoms with E-state index < -0.39 is 0 Å². The van der Waals surface area contributed by atoms with Crippen LogP contribution in [0.15, 0.2) is 18.2 Å². The van der Waals surface area contributed by atoms with Gasteiger partial charge in [0.15, 0.2) is 0 Å². The van der Waals surface area contributed by atoms with Crippen molar-refractivity contribution in [3.63, 3.8) is 0 Å². The first-order valence-corrected chi connectivity index (χ1v) is 6.33. The maximum absolute atomic E-state index is 13.3. The molecule has 0 atom stereocenters. The van der Waals surface area contributed by atoms with E-state index in [9.17, 15) is 4.39 Å². The van der Waals surface area contributed by atoms with Crippen molar-refractivity contribution in [2.24, 2.45) is 5.92 Å². The van der Waals surface area contributed by atoms with Crippen LogP contribution in [0.5, 0.6) is 0 Å². The lowest BCUT2D eigenvalue weighted by Gasteiger charge is -2.26. The predicted molar refractivity (Wildman–Crippen MR) is 69.1 cm³/mol. The molecule has 94 valence electrons. The molecule has 0 unspecified atom stereocenters. The molecule has 1 fully saturated rings. The van der Waals surface area contributed by atoms with E-state index in [2.05, 4.69) is 18.7 Å². The van der Waals surface area contributed by atoms with Gasteiger partial charge in [-0.1, -0.05) is 0 Å². The quantitative estimate of drug-likeness (QED) is 0.796. The first-order valence-electron chi connectivity index (χ1n) is 6.33. The second kappa shape index (κ2) is 5.05. The third kappa shape index (κ3) is 3.70. The van der Waals surface area contributed by atoms with E-state index in [0.29, 0.717) is 11.7 Å². The van der Waals surface area contributed by atoms with E-state index in [4.69, 9.17) is 5.73 Å². The summed E-state index contributed by atoms with van der Waals surface area (Å²) in [5.74, 6) is 0.610. The van der Waals surface area contributed by atoms with E-state index in [-0.39, 0.29) is 5.82 Å². The van der Waals surface area contributed by atoms with Crippen molar-refractivity contribution in [2.45, 2.75) is 39.3 Å². The van der Waals surface area contributed by atoms with E-state index >= 15 is 0 Å². The zero-order valence-electron chi connectivity index (χ0n) is 10.6. The first-order chi connectivity index (χ1) is 8.04. The lowest BCUT2D eigenvalue weighted by atomic mass is 10.1. The maximum Gasteiger partial charge on any atom is 0.125 e. The van der Waals surface area contributed by atoms with E-state index in [1.54, 1.807) is 6.07 Å². The van der Waals surface area contributed by atoms with Crippen molar-refractivity contribution in [3.8, 4) is 0 Å². The Morgan fingerprint density at radius 2 is 2.06 bits per heavy atom. The summed E-state index contributed by atoms with van der Waals surface area (Å²) in [4.78, 5) is 2.39. The topological polar surface area (TPSA) is 29.3 Å². The van der Waals surface area contributed by atoms with E-state index in [0.717, 1.165) is 24.6 Å². The van der Waals surface area contributed by atoms with Gasteiger partial charge in [0.05, 0.1) is 0 Å². The molecule has 3 heteroatoms. The highest BCUT2D eigenvalue weighted by atomic mass is 19.1. The fraction of sp³-hybridized carbons (Fsp3) is 0.571. The van der Waals surface area contributed by atoms with Crippen LogP contribution in [0.4, 0.5) is 10.1 Å². The van der Waals surface area contributed by atoms with Gasteiger partial charge < -0.3 is 5.73 Å². The number of nitrogens with zero attached hydrogens (tertiary/aromatic N) is 1. The number of benzene rings is 1. The molecule has 0 radical (unpaired) electrons. The minimum Gasteiger partial charge on any atom is -0.399 e. The molecule has 1 aromatic carbocycles. The predicted octanol–water partition coefficient (Wildman–Crippen LogP) is 3.03.